The molecule has 4 heteroatoms. The van der Waals surface area contributed by atoms with E-state index in [1.165, 1.54) is 0 Å². The molecule has 0 fully saturated rings. The van der Waals surface area contributed by atoms with E-state index in [1.54, 1.807) is 25.3 Å². The lowest BCUT2D eigenvalue weighted by atomic mass is 9.95. The number of nitrogens with zero attached hydrogens (tertiary/aromatic N) is 1. The third kappa shape index (κ3) is 3.42. The average Bonchev–Trinajstić information content (AvgIpc) is 2.68. The van der Waals surface area contributed by atoms with E-state index in [9.17, 15) is 10.1 Å². The molecule has 26 heavy (non-hydrogen) atoms. The summed E-state index contributed by atoms with van der Waals surface area (Å²) in [6, 6.07) is 22.3. The quantitative estimate of drug-likeness (QED) is 0.741. The molecule has 0 saturated heterocycles. The van der Waals surface area contributed by atoms with Crippen LogP contribution in [0.25, 0.3) is 11.1 Å². The van der Waals surface area contributed by atoms with Crippen molar-refractivity contribution in [2.75, 3.05) is 12.4 Å². The van der Waals surface area contributed by atoms with Crippen LogP contribution in [0.5, 0.6) is 5.75 Å². The Labute approximate surface area is 152 Å². The van der Waals surface area contributed by atoms with Crippen molar-refractivity contribution in [1.29, 1.82) is 5.26 Å². The fraction of sp³-hybridized carbons (Fsp3) is 0.0909. The van der Waals surface area contributed by atoms with Gasteiger partial charge in [0.2, 0.25) is 0 Å². The van der Waals surface area contributed by atoms with Crippen molar-refractivity contribution in [2.45, 2.75) is 6.92 Å². The molecule has 3 rings (SSSR count). The lowest BCUT2D eigenvalue weighted by Crippen LogP contribution is -2.14. The Morgan fingerprint density at radius 1 is 1.00 bits per heavy atom. The minimum Gasteiger partial charge on any atom is -0.495 e. The van der Waals surface area contributed by atoms with Gasteiger partial charge in [-0.25, -0.2) is 0 Å². The molecule has 0 unspecified atom stereocenters. The first-order valence-electron chi connectivity index (χ1n) is 8.18. The number of ether oxygens (including phenoxy) is 1. The summed E-state index contributed by atoms with van der Waals surface area (Å²) < 4.78 is 5.33. The summed E-state index contributed by atoms with van der Waals surface area (Å²) in [7, 11) is 1.57. The molecule has 1 amide bonds. The van der Waals surface area contributed by atoms with Gasteiger partial charge in [0, 0.05) is 11.1 Å². The van der Waals surface area contributed by atoms with Crippen LogP contribution in [-0.2, 0) is 0 Å². The van der Waals surface area contributed by atoms with Gasteiger partial charge in [0.05, 0.1) is 24.4 Å². The average molecular weight is 342 g/mol. The third-order valence-electron chi connectivity index (χ3n) is 4.11. The fourth-order valence-corrected chi connectivity index (χ4v) is 2.84. The SMILES string of the molecule is COc1ccc(C)cc1NC(=O)c1ccccc1-c1ccccc1C#N. The summed E-state index contributed by atoms with van der Waals surface area (Å²) in [6.07, 6.45) is 0. The van der Waals surface area contributed by atoms with Crippen molar-refractivity contribution >= 4 is 11.6 Å². The summed E-state index contributed by atoms with van der Waals surface area (Å²) in [6.45, 7) is 1.95. The van der Waals surface area contributed by atoms with Gasteiger partial charge in [-0.2, -0.15) is 5.26 Å². The van der Waals surface area contributed by atoms with Gasteiger partial charge in [-0.3, -0.25) is 4.79 Å². The second-order valence-corrected chi connectivity index (χ2v) is 5.86. The van der Waals surface area contributed by atoms with Crippen LogP contribution in [-0.4, -0.2) is 13.0 Å². The Kier molecular flexibility index (Phi) is 5.00. The predicted molar refractivity (Wildman–Crippen MR) is 102 cm³/mol. The van der Waals surface area contributed by atoms with Gasteiger partial charge in [0.25, 0.3) is 5.91 Å². The highest BCUT2D eigenvalue weighted by Gasteiger charge is 2.16. The summed E-state index contributed by atoms with van der Waals surface area (Å²) in [5.74, 6) is 0.344. The number of carbonyl (C=O) groups excluding carboxylic acids is 1. The largest absolute Gasteiger partial charge is 0.495 e. The zero-order valence-electron chi connectivity index (χ0n) is 14.6. The molecule has 3 aromatic rings. The van der Waals surface area contributed by atoms with E-state index in [-0.39, 0.29) is 5.91 Å². The molecule has 0 aliphatic heterocycles. The third-order valence-corrected chi connectivity index (χ3v) is 4.11. The number of aryl methyl sites for hydroxylation is 1. The van der Waals surface area contributed by atoms with E-state index >= 15 is 0 Å². The minimum atomic E-state index is -0.253. The summed E-state index contributed by atoms with van der Waals surface area (Å²) in [5.41, 5.74) is 4.11. The molecule has 0 atom stereocenters. The molecule has 0 radical (unpaired) electrons. The molecule has 0 aromatic heterocycles. The smallest absolute Gasteiger partial charge is 0.256 e. The Hall–Kier alpha value is -3.58. The molecule has 128 valence electrons. The first kappa shape index (κ1) is 17.2. The maximum atomic E-state index is 12.9. The molecule has 0 aliphatic carbocycles. The van der Waals surface area contributed by atoms with Gasteiger partial charge in [-0.05, 0) is 42.3 Å². The van der Waals surface area contributed by atoms with E-state index in [4.69, 9.17) is 4.74 Å². The van der Waals surface area contributed by atoms with Crippen LogP contribution in [0.15, 0.2) is 66.7 Å². The first-order valence-corrected chi connectivity index (χ1v) is 8.18. The highest BCUT2D eigenvalue weighted by Crippen LogP contribution is 2.29. The summed E-state index contributed by atoms with van der Waals surface area (Å²) >= 11 is 0. The number of carbonyl (C=O) groups is 1. The Morgan fingerprint density at radius 2 is 1.69 bits per heavy atom. The number of hydrogen-bond acceptors (Lipinski definition) is 3. The van der Waals surface area contributed by atoms with Gasteiger partial charge in [0.15, 0.2) is 0 Å². The molecule has 4 nitrogen and oxygen atoms in total. The maximum Gasteiger partial charge on any atom is 0.256 e. The molecule has 3 aromatic carbocycles. The Balaban J connectivity index is 2.02. The second-order valence-electron chi connectivity index (χ2n) is 5.86. The van der Waals surface area contributed by atoms with Gasteiger partial charge < -0.3 is 10.1 Å². The number of nitriles is 1. The molecule has 0 bridgehead atoms. The van der Waals surface area contributed by atoms with Crippen LogP contribution >= 0.6 is 0 Å². The van der Waals surface area contributed by atoms with E-state index in [0.29, 0.717) is 28.1 Å². The van der Waals surface area contributed by atoms with Crippen molar-refractivity contribution in [2.24, 2.45) is 0 Å². The first-order chi connectivity index (χ1) is 12.6. The Bertz CT molecular complexity index is 1000. The predicted octanol–water partition coefficient (Wildman–Crippen LogP) is 4.79. The van der Waals surface area contributed by atoms with Crippen LogP contribution in [0.2, 0.25) is 0 Å². The maximum absolute atomic E-state index is 12.9. The summed E-state index contributed by atoms with van der Waals surface area (Å²) in [5, 5.41) is 12.3. The number of amides is 1. The van der Waals surface area contributed by atoms with Crippen molar-refractivity contribution in [3.05, 3.63) is 83.4 Å². The number of anilines is 1. The molecular formula is C22H18N2O2. The molecular weight excluding hydrogens is 324 g/mol. The van der Waals surface area contributed by atoms with Gasteiger partial charge >= 0.3 is 0 Å². The molecule has 0 saturated carbocycles. The molecule has 1 N–H and O–H groups in total. The van der Waals surface area contributed by atoms with Gasteiger partial charge in [-0.15, -0.1) is 0 Å². The van der Waals surface area contributed by atoms with Crippen LogP contribution in [0.4, 0.5) is 5.69 Å². The number of methoxy groups -OCH3 is 1. The van der Waals surface area contributed by atoms with E-state index < -0.39 is 0 Å². The van der Waals surface area contributed by atoms with E-state index in [0.717, 1.165) is 11.1 Å². The zero-order chi connectivity index (χ0) is 18.5. The van der Waals surface area contributed by atoms with Crippen LogP contribution < -0.4 is 10.1 Å². The standard InChI is InChI=1S/C22H18N2O2/c1-15-11-12-21(26-2)20(13-15)24-22(25)19-10-6-5-9-18(19)17-8-4-3-7-16(17)14-23/h3-13H,1-2H3,(H,24,25). The lowest BCUT2D eigenvalue weighted by Gasteiger charge is -2.14. The van der Waals surface area contributed by atoms with Gasteiger partial charge in [0.1, 0.15) is 5.75 Å². The van der Waals surface area contributed by atoms with Crippen molar-refractivity contribution in [3.63, 3.8) is 0 Å². The van der Waals surface area contributed by atoms with E-state index in [1.807, 2.05) is 55.5 Å². The van der Waals surface area contributed by atoms with Crippen LogP contribution in [0.3, 0.4) is 0 Å². The normalized spacial score (nSPS) is 10.0. The molecule has 0 aliphatic rings. The number of nitrogens with one attached hydrogen (secondary N) is 1. The highest BCUT2D eigenvalue weighted by atomic mass is 16.5. The van der Waals surface area contributed by atoms with Crippen molar-refractivity contribution in [3.8, 4) is 22.9 Å². The number of hydrogen-bond donors (Lipinski definition) is 1. The number of rotatable bonds is 4. The topological polar surface area (TPSA) is 62.1 Å². The van der Waals surface area contributed by atoms with Crippen LogP contribution in [0.1, 0.15) is 21.5 Å². The van der Waals surface area contributed by atoms with E-state index in [2.05, 4.69) is 11.4 Å². The molecule has 0 heterocycles. The minimum absolute atomic E-state index is 0.253. The molecule has 0 spiro atoms. The van der Waals surface area contributed by atoms with Crippen molar-refractivity contribution < 1.29 is 9.53 Å². The van der Waals surface area contributed by atoms with Gasteiger partial charge in [-0.1, -0.05) is 42.5 Å². The fourth-order valence-electron chi connectivity index (χ4n) is 2.84. The van der Waals surface area contributed by atoms with Crippen molar-refractivity contribution in [1.82, 2.24) is 0 Å². The zero-order valence-corrected chi connectivity index (χ0v) is 14.6. The second kappa shape index (κ2) is 7.54. The monoisotopic (exact) mass is 342 g/mol. The lowest BCUT2D eigenvalue weighted by molar-refractivity contribution is 0.102. The van der Waals surface area contributed by atoms with Crippen LogP contribution in [0, 0.1) is 18.3 Å². The highest BCUT2D eigenvalue weighted by molar-refractivity contribution is 6.09. The number of benzene rings is 3. The summed E-state index contributed by atoms with van der Waals surface area (Å²) in [4.78, 5) is 12.9. The Morgan fingerprint density at radius 3 is 2.42 bits per heavy atom.